The predicted molar refractivity (Wildman–Crippen MR) is 76.3 cm³/mol. The molecule has 0 radical (unpaired) electrons. The number of hydrogen-bond acceptors (Lipinski definition) is 3. The molecule has 0 atom stereocenters. The highest BCUT2D eigenvalue weighted by Crippen LogP contribution is 2.14. The second kappa shape index (κ2) is 10.2. The highest BCUT2D eigenvalue weighted by Gasteiger charge is 2.01. The Kier molecular flexibility index (Phi) is 9.74. The maximum absolute atomic E-state index is 11.1. The van der Waals surface area contributed by atoms with Crippen molar-refractivity contribution in [3.63, 3.8) is 0 Å². The highest BCUT2D eigenvalue weighted by molar-refractivity contribution is 6.31. The van der Waals surface area contributed by atoms with Crippen molar-refractivity contribution in [2.75, 3.05) is 13.2 Å². The van der Waals surface area contributed by atoms with Crippen LogP contribution in [0.2, 0.25) is 5.02 Å². The van der Waals surface area contributed by atoms with Crippen molar-refractivity contribution in [3.05, 3.63) is 34.9 Å². The first kappa shape index (κ1) is 17.2. The summed E-state index contributed by atoms with van der Waals surface area (Å²) in [5.41, 5.74) is 1.07. The van der Waals surface area contributed by atoms with Crippen LogP contribution in [0.4, 0.5) is 0 Å². The van der Waals surface area contributed by atoms with Crippen LogP contribution in [-0.4, -0.2) is 19.1 Å². The number of hydrogen-bond donors (Lipinski definition) is 1. The van der Waals surface area contributed by atoms with Gasteiger partial charge in [-0.1, -0.05) is 29.8 Å². The highest BCUT2D eigenvalue weighted by atomic mass is 35.5. The summed E-state index contributed by atoms with van der Waals surface area (Å²) in [7, 11) is 0. The molecule has 0 heterocycles. The molecule has 0 aliphatic carbocycles. The van der Waals surface area contributed by atoms with Gasteiger partial charge in [0.05, 0.1) is 6.61 Å². The van der Waals surface area contributed by atoms with Crippen molar-refractivity contribution >= 4 is 30.0 Å². The normalized spacial score (nSPS) is 9.67. The van der Waals surface area contributed by atoms with E-state index in [0.717, 1.165) is 30.1 Å². The molecule has 0 fully saturated rings. The zero-order valence-corrected chi connectivity index (χ0v) is 12.0. The molecule has 0 spiro atoms. The van der Waals surface area contributed by atoms with Crippen molar-refractivity contribution in [3.8, 4) is 0 Å². The number of rotatable bonds is 7. The molecular formula is C13H19Cl2NO2. The van der Waals surface area contributed by atoms with Gasteiger partial charge in [0.15, 0.2) is 0 Å². The lowest BCUT2D eigenvalue weighted by atomic mass is 10.2. The molecular weight excluding hydrogens is 273 g/mol. The average Bonchev–Trinajstić information content (AvgIpc) is 2.31. The zero-order valence-electron chi connectivity index (χ0n) is 10.4. The topological polar surface area (TPSA) is 38.3 Å². The molecule has 0 amide bonds. The molecule has 3 nitrogen and oxygen atoms in total. The number of carbonyl (C=O) groups excluding carboxylic acids is 1. The smallest absolute Gasteiger partial charge is 0.305 e. The Morgan fingerprint density at radius 2 is 2.11 bits per heavy atom. The number of ether oxygens (including phenoxy) is 1. The fraction of sp³-hybridized carbons (Fsp3) is 0.462. The first-order chi connectivity index (χ1) is 8.24. The Labute approximate surface area is 119 Å². The third-order valence-electron chi connectivity index (χ3n) is 2.31. The van der Waals surface area contributed by atoms with Crippen LogP contribution in [0, 0.1) is 0 Å². The van der Waals surface area contributed by atoms with Gasteiger partial charge in [0, 0.05) is 18.0 Å². The Hall–Kier alpha value is -0.770. The largest absolute Gasteiger partial charge is 0.466 e. The summed E-state index contributed by atoms with van der Waals surface area (Å²) in [6.45, 7) is 3.77. The standard InChI is InChI=1S/C13H18ClNO2.ClH/c1-2-17-13(16)8-5-9-15-10-11-6-3-4-7-12(11)14;/h3-4,6-7,15H,2,5,8-10H2,1H3;1H. The minimum Gasteiger partial charge on any atom is -0.466 e. The van der Waals surface area contributed by atoms with Crippen LogP contribution in [0.1, 0.15) is 25.3 Å². The Morgan fingerprint density at radius 3 is 2.78 bits per heavy atom. The summed E-state index contributed by atoms with van der Waals surface area (Å²) in [6, 6.07) is 7.73. The molecule has 0 saturated heterocycles. The number of halogens is 2. The van der Waals surface area contributed by atoms with Gasteiger partial charge in [-0.15, -0.1) is 12.4 Å². The number of esters is 1. The molecule has 102 valence electrons. The predicted octanol–water partition coefficient (Wildman–Crippen LogP) is 3.19. The maximum Gasteiger partial charge on any atom is 0.305 e. The molecule has 1 aromatic carbocycles. The van der Waals surface area contributed by atoms with E-state index in [1.54, 1.807) is 0 Å². The lowest BCUT2D eigenvalue weighted by molar-refractivity contribution is -0.143. The van der Waals surface area contributed by atoms with Gasteiger partial charge in [-0.05, 0) is 31.5 Å². The summed E-state index contributed by atoms with van der Waals surface area (Å²) in [4.78, 5) is 11.1. The van der Waals surface area contributed by atoms with Crippen LogP contribution in [0.25, 0.3) is 0 Å². The van der Waals surface area contributed by atoms with Crippen molar-refractivity contribution in [2.24, 2.45) is 0 Å². The van der Waals surface area contributed by atoms with E-state index < -0.39 is 0 Å². The van der Waals surface area contributed by atoms with Crippen molar-refractivity contribution in [1.82, 2.24) is 5.32 Å². The molecule has 0 bridgehead atoms. The van der Waals surface area contributed by atoms with Gasteiger partial charge in [-0.25, -0.2) is 0 Å². The minimum atomic E-state index is -0.132. The third kappa shape index (κ3) is 6.84. The molecule has 5 heteroatoms. The summed E-state index contributed by atoms with van der Waals surface area (Å²) in [5, 5.41) is 4.02. The van der Waals surface area contributed by atoms with Gasteiger partial charge in [0.2, 0.25) is 0 Å². The average molecular weight is 292 g/mol. The first-order valence-electron chi connectivity index (χ1n) is 5.83. The lowest BCUT2D eigenvalue weighted by Gasteiger charge is -2.06. The van der Waals surface area contributed by atoms with Crippen LogP contribution in [0.5, 0.6) is 0 Å². The van der Waals surface area contributed by atoms with Crippen molar-refractivity contribution in [1.29, 1.82) is 0 Å². The second-order valence-electron chi connectivity index (χ2n) is 3.68. The van der Waals surface area contributed by atoms with Crippen LogP contribution in [0.15, 0.2) is 24.3 Å². The molecule has 1 aromatic rings. The van der Waals surface area contributed by atoms with E-state index in [-0.39, 0.29) is 18.4 Å². The number of nitrogens with one attached hydrogen (secondary N) is 1. The Morgan fingerprint density at radius 1 is 1.39 bits per heavy atom. The SMILES string of the molecule is CCOC(=O)CCCNCc1ccccc1Cl.Cl. The molecule has 1 N–H and O–H groups in total. The van der Waals surface area contributed by atoms with Crippen molar-refractivity contribution < 1.29 is 9.53 Å². The fourth-order valence-corrected chi connectivity index (χ4v) is 1.66. The van der Waals surface area contributed by atoms with E-state index in [1.807, 2.05) is 31.2 Å². The van der Waals surface area contributed by atoms with Gasteiger partial charge < -0.3 is 10.1 Å². The van der Waals surface area contributed by atoms with Gasteiger partial charge in [0.25, 0.3) is 0 Å². The summed E-state index contributed by atoms with van der Waals surface area (Å²) >= 11 is 6.01. The van der Waals surface area contributed by atoms with E-state index in [4.69, 9.17) is 16.3 Å². The molecule has 0 unspecified atom stereocenters. The Balaban J connectivity index is 0.00000289. The fourth-order valence-electron chi connectivity index (χ4n) is 1.46. The first-order valence-corrected chi connectivity index (χ1v) is 6.21. The number of benzene rings is 1. The van der Waals surface area contributed by atoms with E-state index in [1.165, 1.54) is 0 Å². The van der Waals surface area contributed by atoms with E-state index in [0.29, 0.717) is 13.0 Å². The quantitative estimate of drug-likeness (QED) is 0.619. The summed E-state index contributed by atoms with van der Waals surface area (Å²) in [5.74, 6) is -0.132. The minimum absolute atomic E-state index is 0. The summed E-state index contributed by atoms with van der Waals surface area (Å²) < 4.78 is 4.84. The molecule has 18 heavy (non-hydrogen) atoms. The van der Waals surface area contributed by atoms with E-state index in [2.05, 4.69) is 5.32 Å². The third-order valence-corrected chi connectivity index (χ3v) is 2.68. The molecule has 1 rings (SSSR count). The van der Waals surface area contributed by atoms with Crippen LogP contribution < -0.4 is 5.32 Å². The zero-order chi connectivity index (χ0) is 12.5. The number of carbonyl (C=O) groups is 1. The van der Waals surface area contributed by atoms with Gasteiger partial charge >= 0.3 is 5.97 Å². The van der Waals surface area contributed by atoms with Gasteiger partial charge in [-0.2, -0.15) is 0 Å². The van der Waals surface area contributed by atoms with Gasteiger partial charge in [-0.3, -0.25) is 4.79 Å². The van der Waals surface area contributed by atoms with Crippen LogP contribution in [0.3, 0.4) is 0 Å². The molecule has 0 aromatic heterocycles. The lowest BCUT2D eigenvalue weighted by Crippen LogP contribution is -2.16. The molecule has 0 saturated carbocycles. The monoisotopic (exact) mass is 291 g/mol. The van der Waals surface area contributed by atoms with E-state index >= 15 is 0 Å². The van der Waals surface area contributed by atoms with Crippen LogP contribution in [-0.2, 0) is 16.1 Å². The maximum atomic E-state index is 11.1. The molecule has 0 aliphatic rings. The van der Waals surface area contributed by atoms with Gasteiger partial charge in [0.1, 0.15) is 0 Å². The molecule has 0 aliphatic heterocycles. The second-order valence-corrected chi connectivity index (χ2v) is 4.08. The Bertz CT molecular complexity index is 359. The van der Waals surface area contributed by atoms with Crippen molar-refractivity contribution in [2.45, 2.75) is 26.3 Å². The van der Waals surface area contributed by atoms with Crippen LogP contribution >= 0.6 is 24.0 Å². The summed E-state index contributed by atoms with van der Waals surface area (Å²) in [6.07, 6.45) is 1.24. The van der Waals surface area contributed by atoms with E-state index in [9.17, 15) is 4.79 Å².